The van der Waals surface area contributed by atoms with E-state index in [1.54, 1.807) is 0 Å². The molecule has 3 nitrogen and oxygen atoms in total. The molecule has 2 rings (SSSR count). The molecule has 1 saturated heterocycles. The maximum absolute atomic E-state index is 12.8. The predicted molar refractivity (Wildman–Crippen MR) is 78.6 cm³/mol. The summed E-state index contributed by atoms with van der Waals surface area (Å²) < 4.78 is 44.0. The minimum Gasteiger partial charge on any atom is -0.374 e. The highest BCUT2D eigenvalue weighted by molar-refractivity contribution is 9.10. The van der Waals surface area contributed by atoms with Crippen LogP contribution in [0.15, 0.2) is 22.7 Å². The summed E-state index contributed by atoms with van der Waals surface area (Å²) in [5.41, 5.74) is -0.820. The third kappa shape index (κ3) is 3.98. The quantitative estimate of drug-likeness (QED) is 0.669. The molecule has 1 atom stereocenters. The smallest absolute Gasteiger partial charge is 0.374 e. The molecule has 0 spiro atoms. The molecular formula is C13H12Br2F3NO2. The van der Waals surface area contributed by atoms with Crippen molar-refractivity contribution in [2.24, 2.45) is 0 Å². The van der Waals surface area contributed by atoms with Crippen LogP contribution in [0.1, 0.15) is 15.9 Å². The fourth-order valence-electron chi connectivity index (χ4n) is 2.03. The maximum Gasteiger partial charge on any atom is 0.416 e. The lowest BCUT2D eigenvalue weighted by atomic mass is 10.1. The number of benzene rings is 1. The Hall–Kier alpha value is -0.600. The van der Waals surface area contributed by atoms with Crippen LogP contribution in [0.3, 0.4) is 0 Å². The number of ether oxygens (including phenoxy) is 1. The number of nitrogens with zero attached hydrogens (tertiary/aromatic N) is 1. The van der Waals surface area contributed by atoms with Gasteiger partial charge in [0.1, 0.15) is 0 Å². The van der Waals surface area contributed by atoms with Crippen molar-refractivity contribution in [3.63, 3.8) is 0 Å². The summed E-state index contributed by atoms with van der Waals surface area (Å²) in [4.78, 5) is 13.9. The monoisotopic (exact) mass is 429 g/mol. The van der Waals surface area contributed by atoms with Gasteiger partial charge in [0.2, 0.25) is 0 Å². The van der Waals surface area contributed by atoms with Crippen LogP contribution in [0.25, 0.3) is 0 Å². The van der Waals surface area contributed by atoms with Crippen LogP contribution in [0, 0.1) is 0 Å². The van der Waals surface area contributed by atoms with Crippen LogP contribution in [0.5, 0.6) is 0 Å². The van der Waals surface area contributed by atoms with Gasteiger partial charge in [0, 0.05) is 22.9 Å². The van der Waals surface area contributed by atoms with Crippen molar-refractivity contribution in [1.29, 1.82) is 0 Å². The van der Waals surface area contributed by atoms with Crippen LogP contribution >= 0.6 is 31.9 Å². The molecule has 21 heavy (non-hydrogen) atoms. The third-order valence-electron chi connectivity index (χ3n) is 3.12. The van der Waals surface area contributed by atoms with Crippen LogP contribution < -0.4 is 0 Å². The van der Waals surface area contributed by atoms with E-state index in [9.17, 15) is 18.0 Å². The molecule has 0 aromatic heterocycles. The van der Waals surface area contributed by atoms with Gasteiger partial charge in [-0.05, 0) is 34.1 Å². The summed E-state index contributed by atoms with van der Waals surface area (Å²) in [5, 5.41) is 0.570. The molecule has 1 aromatic rings. The number of hydrogen-bond donors (Lipinski definition) is 0. The van der Waals surface area contributed by atoms with Crippen molar-refractivity contribution in [2.75, 3.05) is 25.0 Å². The fourth-order valence-corrected chi connectivity index (χ4v) is 2.84. The molecule has 1 aliphatic heterocycles. The summed E-state index contributed by atoms with van der Waals surface area (Å²) in [6, 6.07) is 3.07. The second kappa shape index (κ2) is 6.66. The van der Waals surface area contributed by atoms with Crippen LogP contribution in [-0.4, -0.2) is 41.9 Å². The van der Waals surface area contributed by atoms with Crippen molar-refractivity contribution in [3.8, 4) is 0 Å². The molecule has 1 aliphatic rings. The number of carbonyl (C=O) groups excluding carboxylic acids is 1. The normalized spacial score (nSPS) is 19.7. The van der Waals surface area contributed by atoms with Gasteiger partial charge in [-0.3, -0.25) is 4.79 Å². The first-order valence-corrected chi connectivity index (χ1v) is 8.08. The highest BCUT2D eigenvalue weighted by atomic mass is 79.9. The van der Waals surface area contributed by atoms with Gasteiger partial charge < -0.3 is 9.64 Å². The molecule has 1 unspecified atom stereocenters. The van der Waals surface area contributed by atoms with Gasteiger partial charge in [0.25, 0.3) is 5.91 Å². The zero-order valence-electron chi connectivity index (χ0n) is 10.8. The molecule has 1 aromatic carbocycles. The Kier molecular flexibility index (Phi) is 5.32. The number of hydrogen-bond acceptors (Lipinski definition) is 2. The molecule has 0 N–H and O–H groups in total. The van der Waals surface area contributed by atoms with E-state index < -0.39 is 17.6 Å². The second-order valence-corrected chi connectivity index (χ2v) is 6.09. The number of halogens is 5. The summed E-state index contributed by atoms with van der Waals surface area (Å²) >= 11 is 6.42. The van der Waals surface area contributed by atoms with E-state index in [-0.39, 0.29) is 11.7 Å². The maximum atomic E-state index is 12.8. The fraction of sp³-hybridized carbons (Fsp3) is 0.462. The lowest BCUT2D eigenvalue weighted by molar-refractivity contribution is -0.137. The third-order valence-corrected chi connectivity index (χ3v) is 4.54. The van der Waals surface area contributed by atoms with Gasteiger partial charge in [-0.2, -0.15) is 13.2 Å². The van der Waals surface area contributed by atoms with E-state index in [1.165, 1.54) is 11.0 Å². The first-order chi connectivity index (χ1) is 9.82. The summed E-state index contributed by atoms with van der Waals surface area (Å²) in [7, 11) is 0. The van der Waals surface area contributed by atoms with Crippen molar-refractivity contribution < 1.29 is 22.7 Å². The van der Waals surface area contributed by atoms with E-state index in [2.05, 4.69) is 31.9 Å². The minimum absolute atomic E-state index is 0.0139. The molecule has 116 valence electrons. The van der Waals surface area contributed by atoms with Crippen molar-refractivity contribution >= 4 is 37.8 Å². The number of carbonyl (C=O) groups is 1. The Balaban J connectivity index is 2.26. The average Bonchev–Trinajstić information content (AvgIpc) is 2.46. The zero-order valence-corrected chi connectivity index (χ0v) is 14.0. The molecule has 1 heterocycles. The molecule has 1 amide bonds. The van der Waals surface area contributed by atoms with Gasteiger partial charge in [0.05, 0.1) is 23.8 Å². The highest BCUT2D eigenvalue weighted by Gasteiger charge is 2.33. The van der Waals surface area contributed by atoms with Gasteiger partial charge in [-0.25, -0.2) is 0 Å². The Morgan fingerprint density at radius 3 is 2.76 bits per heavy atom. The van der Waals surface area contributed by atoms with Gasteiger partial charge in [-0.15, -0.1) is 0 Å². The van der Waals surface area contributed by atoms with Crippen molar-refractivity contribution in [3.05, 3.63) is 33.8 Å². The van der Waals surface area contributed by atoms with E-state index in [0.717, 1.165) is 12.1 Å². The Bertz CT molecular complexity index is 537. The lowest BCUT2D eigenvalue weighted by Crippen LogP contribution is -2.46. The molecule has 0 radical (unpaired) electrons. The van der Waals surface area contributed by atoms with E-state index >= 15 is 0 Å². The zero-order chi connectivity index (χ0) is 15.6. The average molecular weight is 431 g/mol. The van der Waals surface area contributed by atoms with E-state index in [1.807, 2.05) is 0 Å². The molecule has 0 aliphatic carbocycles. The number of alkyl halides is 4. The first-order valence-electron chi connectivity index (χ1n) is 6.16. The molecule has 0 saturated carbocycles. The Morgan fingerprint density at radius 1 is 1.43 bits per heavy atom. The standard InChI is InChI=1S/C13H12Br2F3NO2/c14-6-9-7-19(3-4-21-9)12(20)10-5-8(13(16,17)18)1-2-11(10)15/h1-2,5,9H,3-4,6-7H2. The highest BCUT2D eigenvalue weighted by Crippen LogP contribution is 2.32. The largest absolute Gasteiger partial charge is 0.416 e. The summed E-state index contributed by atoms with van der Waals surface area (Å²) in [5.74, 6) is -0.428. The first kappa shape index (κ1) is 16.8. The van der Waals surface area contributed by atoms with Gasteiger partial charge in [0.15, 0.2) is 0 Å². The molecule has 1 fully saturated rings. The van der Waals surface area contributed by atoms with Crippen molar-refractivity contribution in [1.82, 2.24) is 4.90 Å². The topological polar surface area (TPSA) is 29.5 Å². The van der Waals surface area contributed by atoms with Gasteiger partial charge >= 0.3 is 6.18 Å². The Morgan fingerprint density at radius 2 is 2.14 bits per heavy atom. The van der Waals surface area contributed by atoms with Crippen LogP contribution in [-0.2, 0) is 10.9 Å². The van der Waals surface area contributed by atoms with Gasteiger partial charge in [-0.1, -0.05) is 15.9 Å². The number of rotatable bonds is 2. The van der Waals surface area contributed by atoms with Crippen molar-refractivity contribution in [2.45, 2.75) is 12.3 Å². The van der Waals surface area contributed by atoms with Crippen LogP contribution in [0.2, 0.25) is 0 Å². The minimum atomic E-state index is -4.47. The SMILES string of the molecule is O=C(c1cc(C(F)(F)F)ccc1Br)N1CCOC(CBr)C1. The predicted octanol–water partition coefficient (Wildman–Crippen LogP) is 3.70. The second-order valence-electron chi connectivity index (χ2n) is 4.59. The van der Waals surface area contributed by atoms with E-state index in [0.29, 0.717) is 29.5 Å². The molecule has 0 bridgehead atoms. The lowest BCUT2D eigenvalue weighted by Gasteiger charge is -2.32. The summed E-state index contributed by atoms with van der Waals surface area (Å²) in [6.45, 7) is 1.09. The molecule has 8 heteroatoms. The number of amides is 1. The molecular weight excluding hydrogens is 419 g/mol. The number of morpholine rings is 1. The van der Waals surface area contributed by atoms with Crippen LogP contribution in [0.4, 0.5) is 13.2 Å². The van der Waals surface area contributed by atoms with E-state index in [4.69, 9.17) is 4.74 Å². The summed E-state index contributed by atoms with van der Waals surface area (Å²) in [6.07, 6.45) is -4.62. The Labute approximate surface area is 136 Å².